The Morgan fingerprint density at radius 2 is 1.75 bits per heavy atom. The third-order valence-corrected chi connectivity index (χ3v) is 0. The van der Waals surface area contributed by atoms with Gasteiger partial charge in [-0.1, -0.05) is 0 Å². The molecule has 0 N–H and O–H groups in total. The van der Waals surface area contributed by atoms with Gasteiger partial charge in [0.1, 0.15) is 0 Å². The summed E-state index contributed by atoms with van der Waals surface area (Å²) in [5.41, 5.74) is 0. The Labute approximate surface area is 45.9 Å². The van der Waals surface area contributed by atoms with Gasteiger partial charge < -0.3 is 0 Å². The standard InChI is InChI=1S/CHBrO.Os/c2-1-3;/h1H;. The first kappa shape index (κ1) is 8.84. The fourth-order valence-electron chi connectivity index (χ4n) is 0. The van der Waals surface area contributed by atoms with E-state index in [1.165, 1.54) is 0 Å². The van der Waals surface area contributed by atoms with Gasteiger partial charge in [-0.05, 0) is 15.9 Å². The van der Waals surface area contributed by atoms with Gasteiger partial charge >= 0.3 is 0 Å². The van der Waals surface area contributed by atoms with E-state index in [1.807, 2.05) is 0 Å². The van der Waals surface area contributed by atoms with Gasteiger partial charge in [0.25, 0.3) is 0 Å². The van der Waals surface area contributed by atoms with Crippen LogP contribution in [0, 0.1) is 0 Å². The van der Waals surface area contributed by atoms with Crippen LogP contribution in [0.25, 0.3) is 0 Å². The third-order valence-electron chi connectivity index (χ3n) is 0. The molecule has 26 valence electrons. The van der Waals surface area contributed by atoms with Crippen molar-refractivity contribution in [1.82, 2.24) is 0 Å². The van der Waals surface area contributed by atoms with Crippen molar-refractivity contribution in [3.8, 4) is 0 Å². The summed E-state index contributed by atoms with van der Waals surface area (Å²) in [6, 6.07) is 0. The average Bonchev–Trinajstić information content (AvgIpc) is 0.918. The van der Waals surface area contributed by atoms with Gasteiger partial charge in [-0.15, -0.1) is 0 Å². The average molecular weight is 299 g/mol. The Bertz CT molecular complexity index is 15.5. The van der Waals surface area contributed by atoms with Crippen LogP contribution >= 0.6 is 15.9 Å². The van der Waals surface area contributed by atoms with Gasteiger partial charge in [0, 0.05) is 19.8 Å². The van der Waals surface area contributed by atoms with Crippen molar-refractivity contribution in [2.45, 2.75) is 0 Å². The molecule has 3 heteroatoms. The normalized spacial score (nSPS) is 3.25. The van der Waals surface area contributed by atoms with Crippen LogP contribution < -0.4 is 0 Å². The summed E-state index contributed by atoms with van der Waals surface area (Å²) < 4.78 is 0. The Morgan fingerprint density at radius 3 is 1.75 bits per heavy atom. The van der Waals surface area contributed by atoms with E-state index >= 15 is 0 Å². The fraction of sp³-hybridized carbons (Fsp3) is 0. The van der Waals surface area contributed by atoms with Crippen LogP contribution in [0.5, 0.6) is 0 Å². The molecule has 0 amide bonds. The Hall–Kier alpha value is 0.786. The molecule has 0 aromatic rings. The molecule has 0 spiro atoms. The predicted molar refractivity (Wildman–Crippen MR) is 15.7 cm³/mol. The summed E-state index contributed by atoms with van der Waals surface area (Å²) >= 11 is 2.47. The largest absolute Gasteiger partial charge is 0.290 e. The summed E-state index contributed by atoms with van der Waals surface area (Å²) in [5, 5.41) is 0.562. The summed E-state index contributed by atoms with van der Waals surface area (Å²) in [6.45, 7) is 0. The first-order chi connectivity index (χ1) is 1.41. The van der Waals surface area contributed by atoms with E-state index in [4.69, 9.17) is 4.79 Å². The molecule has 0 aromatic heterocycles. The Morgan fingerprint density at radius 1 is 1.75 bits per heavy atom. The number of rotatable bonds is 0. The van der Waals surface area contributed by atoms with Crippen molar-refractivity contribution in [2.24, 2.45) is 0 Å². The van der Waals surface area contributed by atoms with Crippen LogP contribution in [0.1, 0.15) is 0 Å². The SMILES string of the molecule is O=CBr.[Os]. The molecule has 0 heterocycles. The zero-order valence-electron chi connectivity index (χ0n) is 1.72. The van der Waals surface area contributed by atoms with Crippen LogP contribution in [0.4, 0.5) is 0 Å². The Balaban J connectivity index is 0. The summed E-state index contributed by atoms with van der Waals surface area (Å²) in [4.78, 5) is 8.72. The minimum Gasteiger partial charge on any atom is -0.290 e. The smallest absolute Gasteiger partial charge is 0.185 e. The maximum atomic E-state index is 8.72. The van der Waals surface area contributed by atoms with Crippen molar-refractivity contribution < 1.29 is 24.6 Å². The number of carbonyl (C=O) groups is 1. The van der Waals surface area contributed by atoms with E-state index < -0.39 is 0 Å². The number of hydrogen-bond acceptors (Lipinski definition) is 1. The molecule has 4 heavy (non-hydrogen) atoms. The van der Waals surface area contributed by atoms with Crippen LogP contribution in [0.3, 0.4) is 0 Å². The first-order valence-electron chi connectivity index (χ1n) is 0.454. The quantitative estimate of drug-likeness (QED) is 0.472. The first-order valence-corrected chi connectivity index (χ1v) is 1.37. The molecule has 0 aliphatic rings. The van der Waals surface area contributed by atoms with Crippen LogP contribution in [-0.2, 0) is 24.6 Å². The molecular weight excluding hydrogens is 298 g/mol. The predicted octanol–water partition coefficient (Wildman–Crippen LogP) is 0.569. The maximum absolute atomic E-state index is 8.72. The fourth-order valence-corrected chi connectivity index (χ4v) is 0. The van der Waals surface area contributed by atoms with E-state index in [-0.39, 0.29) is 19.8 Å². The second kappa shape index (κ2) is 9.21. The minimum absolute atomic E-state index is 0. The molecule has 0 aromatic carbocycles. The molecule has 0 atom stereocenters. The van der Waals surface area contributed by atoms with Crippen molar-refractivity contribution in [1.29, 1.82) is 0 Å². The van der Waals surface area contributed by atoms with Gasteiger partial charge in [0.15, 0.2) is 5.20 Å². The Kier molecular flexibility index (Phi) is 20.4. The van der Waals surface area contributed by atoms with Crippen molar-refractivity contribution in [2.75, 3.05) is 0 Å². The van der Waals surface area contributed by atoms with Gasteiger partial charge in [-0.25, -0.2) is 0 Å². The molecule has 1 nitrogen and oxygen atoms in total. The van der Waals surface area contributed by atoms with Crippen LogP contribution in [0.2, 0.25) is 0 Å². The van der Waals surface area contributed by atoms with Gasteiger partial charge in [0.05, 0.1) is 0 Å². The molecule has 0 aliphatic carbocycles. The second-order valence-electron chi connectivity index (χ2n) is 0.0891. The van der Waals surface area contributed by atoms with E-state index in [2.05, 4.69) is 15.9 Å². The molecule has 0 rings (SSSR count). The van der Waals surface area contributed by atoms with Crippen LogP contribution in [-0.4, -0.2) is 5.20 Å². The van der Waals surface area contributed by atoms with Gasteiger partial charge in [-0.3, -0.25) is 4.79 Å². The molecule has 0 radical (unpaired) electrons. The van der Waals surface area contributed by atoms with Crippen molar-refractivity contribution >= 4 is 21.1 Å². The molecule has 0 saturated carbocycles. The van der Waals surface area contributed by atoms with Gasteiger partial charge in [-0.2, -0.15) is 0 Å². The van der Waals surface area contributed by atoms with E-state index in [1.54, 1.807) is 0 Å². The van der Waals surface area contributed by atoms with Crippen LogP contribution in [0.15, 0.2) is 0 Å². The van der Waals surface area contributed by atoms with Crippen molar-refractivity contribution in [3.63, 3.8) is 0 Å². The zero-order chi connectivity index (χ0) is 2.71. The summed E-state index contributed by atoms with van der Waals surface area (Å²) in [5.74, 6) is 0. The maximum Gasteiger partial charge on any atom is 0.185 e. The monoisotopic (exact) mass is 300 g/mol. The summed E-state index contributed by atoms with van der Waals surface area (Å²) in [7, 11) is 0. The molecule has 0 bridgehead atoms. The molecule has 0 aliphatic heterocycles. The zero-order valence-corrected chi connectivity index (χ0v) is 5.84. The number of hydrogen-bond donors (Lipinski definition) is 0. The van der Waals surface area contributed by atoms with Crippen molar-refractivity contribution in [3.05, 3.63) is 0 Å². The molecule has 0 saturated heterocycles. The molecule has 0 fully saturated rings. The number of carbonyl (C=O) groups excluding carboxylic acids is 1. The molecular formula is CHBrOOs. The second-order valence-corrected chi connectivity index (χ2v) is 0.463. The van der Waals surface area contributed by atoms with E-state index in [0.717, 1.165) is 0 Å². The topological polar surface area (TPSA) is 17.1 Å². The van der Waals surface area contributed by atoms with E-state index in [0.29, 0.717) is 5.20 Å². The minimum atomic E-state index is 0. The number of halogens is 1. The summed E-state index contributed by atoms with van der Waals surface area (Å²) in [6.07, 6.45) is 0. The molecule has 0 unspecified atom stereocenters. The third kappa shape index (κ3) is 14.4. The van der Waals surface area contributed by atoms with Gasteiger partial charge in [0.2, 0.25) is 0 Å². The van der Waals surface area contributed by atoms with E-state index in [9.17, 15) is 0 Å².